The quantitative estimate of drug-likeness (QED) is 0.637. The minimum atomic E-state index is 0.0227. The molecule has 0 aliphatic carbocycles. The van der Waals surface area contributed by atoms with Crippen LogP contribution in [-0.4, -0.2) is 50.3 Å². The van der Waals surface area contributed by atoms with Gasteiger partial charge in [-0.1, -0.05) is 0 Å². The zero-order valence-electron chi connectivity index (χ0n) is 11.4. The number of aliphatic hydroxyl groups is 1. The van der Waals surface area contributed by atoms with Gasteiger partial charge in [-0.3, -0.25) is 0 Å². The van der Waals surface area contributed by atoms with Crippen LogP contribution in [0.2, 0.25) is 0 Å². The number of ether oxygens (including phenoxy) is 1. The standard InChI is InChI=1S/C13H14N6O2/c1-21-9-3-2-8(6-15-9)11-18-10-12(14-4-5-20)16-7-17-13(10)19-11/h2-3,6-7,20H,4-5H2,1H3,(H2,14,16,17,18,19). The lowest BCUT2D eigenvalue weighted by Crippen LogP contribution is -2.07. The second kappa shape index (κ2) is 5.71. The molecule has 0 aliphatic rings. The number of nitrogens with zero attached hydrogens (tertiary/aromatic N) is 4. The number of hydrogen-bond acceptors (Lipinski definition) is 7. The van der Waals surface area contributed by atoms with Crippen molar-refractivity contribution in [1.29, 1.82) is 0 Å². The van der Waals surface area contributed by atoms with Gasteiger partial charge < -0.3 is 20.1 Å². The molecule has 0 bridgehead atoms. The van der Waals surface area contributed by atoms with Crippen LogP contribution in [0.25, 0.3) is 22.6 Å². The van der Waals surface area contributed by atoms with E-state index in [1.165, 1.54) is 6.33 Å². The molecule has 0 radical (unpaired) electrons. The summed E-state index contributed by atoms with van der Waals surface area (Å²) in [5.41, 5.74) is 2.06. The minimum absolute atomic E-state index is 0.0227. The topological polar surface area (TPSA) is 109 Å². The molecule has 0 fully saturated rings. The fourth-order valence-corrected chi connectivity index (χ4v) is 1.91. The second-order valence-electron chi connectivity index (χ2n) is 4.25. The molecule has 8 heteroatoms. The Morgan fingerprint density at radius 3 is 2.90 bits per heavy atom. The lowest BCUT2D eigenvalue weighted by atomic mass is 10.3. The zero-order chi connectivity index (χ0) is 14.7. The second-order valence-corrected chi connectivity index (χ2v) is 4.25. The number of fused-ring (bicyclic) bond motifs is 1. The summed E-state index contributed by atoms with van der Waals surface area (Å²) in [5.74, 6) is 1.79. The molecule has 3 aromatic rings. The van der Waals surface area contributed by atoms with Gasteiger partial charge in [0.1, 0.15) is 17.7 Å². The van der Waals surface area contributed by atoms with Crippen molar-refractivity contribution in [2.75, 3.05) is 25.6 Å². The molecule has 0 saturated carbocycles. The van der Waals surface area contributed by atoms with Crippen molar-refractivity contribution in [3.05, 3.63) is 24.7 Å². The van der Waals surface area contributed by atoms with Gasteiger partial charge in [0, 0.05) is 24.4 Å². The van der Waals surface area contributed by atoms with Crippen molar-refractivity contribution in [1.82, 2.24) is 24.9 Å². The molecule has 0 saturated heterocycles. The first kappa shape index (κ1) is 13.3. The number of hydrogen-bond donors (Lipinski definition) is 3. The summed E-state index contributed by atoms with van der Waals surface area (Å²) in [6.45, 7) is 0.430. The summed E-state index contributed by atoms with van der Waals surface area (Å²) in [6, 6.07) is 3.62. The number of imidazole rings is 1. The lowest BCUT2D eigenvalue weighted by Gasteiger charge is -2.02. The van der Waals surface area contributed by atoms with Crippen molar-refractivity contribution in [2.45, 2.75) is 0 Å². The minimum Gasteiger partial charge on any atom is -0.481 e. The molecule has 0 aliphatic heterocycles. The van der Waals surface area contributed by atoms with Crippen molar-refractivity contribution in [2.24, 2.45) is 0 Å². The zero-order valence-corrected chi connectivity index (χ0v) is 11.4. The summed E-state index contributed by atoms with van der Waals surface area (Å²) < 4.78 is 5.03. The van der Waals surface area contributed by atoms with Crippen LogP contribution in [-0.2, 0) is 0 Å². The third-order valence-corrected chi connectivity index (χ3v) is 2.91. The van der Waals surface area contributed by atoms with Gasteiger partial charge in [0.15, 0.2) is 11.5 Å². The van der Waals surface area contributed by atoms with Gasteiger partial charge in [0.2, 0.25) is 5.88 Å². The third kappa shape index (κ3) is 2.61. The van der Waals surface area contributed by atoms with E-state index in [9.17, 15) is 0 Å². The van der Waals surface area contributed by atoms with Crippen LogP contribution in [0.1, 0.15) is 0 Å². The molecular weight excluding hydrogens is 272 g/mol. The van der Waals surface area contributed by atoms with E-state index in [0.29, 0.717) is 35.2 Å². The molecule has 3 rings (SSSR count). The monoisotopic (exact) mass is 286 g/mol. The first-order chi connectivity index (χ1) is 10.3. The number of rotatable bonds is 5. The number of pyridine rings is 1. The van der Waals surface area contributed by atoms with Crippen molar-refractivity contribution in [3.63, 3.8) is 0 Å². The fraction of sp³-hybridized carbons (Fsp3) is 0.231. The van der Waals surface area contributed by atoms with Crippen LogP contribution in [0.15, 0.2) is 24.7 Å². The molecular formula is C13H14N6O2. The number of aromatic nitrogens is 5. The number of methoxy groups -OCH3 is 1. The Balaban J connectivity index is 1.99. The van der Waals surface area contributed by atoms with Crippen molar-refractivity contribution in [3.8, 4) is 17.3 Å². The number of H-pyrrole nitrogens is 1. The average Bonchev–Trinajstić information content (AvgIpc) is 2.97. The number of aromatic amines is 1. The molecule has 0 atom stereocenters. The van der Waals surface area contributed by atoms with Gasteiger partial charge >= 0.3 is 0 Å². The largest absolute Gasteiger partial charge is 0.481 e. The molecule has 3 N–H and O–H groups in total. The normalized spacial score (nSPS) is 10.8. The Morgan fingerprint density at radius 2 is 2.19 bits per heavy atom. The third-order valence-electron chi connectivity index (χ3n) is 2.91. The lowest BCUT2D eigenvalue weighted by molar-refractivity contribution is 0.311. The molecule has 108 valence electrons. The van der Waals surface area contributed by atoms with Crippen LogP contribution in [0, 0.1) is 0 Å². The van der Waals surface area contributed by atoms with Gasteiger partial charge in [-0.25, -0.2) is 19.9 Å². The molecule has 0 aromatic carbocycles. The highest BCUT2D eigenvalue weighted by atomic mass is 16.5. The van der Waals surface area contributed by atoms with Gasteiger partial charge in [-0.05, 0) is 6.07 Å². The van der Waals surface area contributed by atoms with Gasteiger partial charge in [-0.2, -0.15) is 0 Å². The summed E-state index contributed by atoms with van der Waals surface area (Å²) in [7, 11) is 1.57. The fourth-order valence-electron chi connectivity index (χ4n) is 1.91. The Labute approximate surface area is 120 Å². The molecule has 8 nitrogen and oxygen atoms in total. The molecule has 3 aromatic heterocycles. The highest BCUT2D eigenvalue weighted by molar-refractivity contribution is 5.85. The van der Waals surface area contributed by atoms with Gasteiger partial charge in [0.05, 0.1) is 13.7 Å². The summed E-state index contributed by atoms with van der Waals surface area (Å²) in [6.07, 6.45) is 3.10. The van der Waals surface area contributed by atoms with Gasteiger partial charge in [0.25, 0.3) is 0 Å². The Morgan fingerprint density at radius 1 is 1.29 bits per heavy atom. The molecule has 3 heterocycles. The van der Waals surface area contributed by atoms with Crippen LogP contribution in [0.4, 0.5) is 5.82 Å². The van der Waals surface area contributed by atoms with Crippen molar-refractivity contribution >= 4 is 17.0 Å². The number of aliphatic hydroxyl groups excluding tert-OH is 1. The predicted molar refractivity (Wildman–Crippen MR) is 77.0 cm³/mol. The van der Waals surface area contributed by atoms with Gasteiger partial charge in [-0.15, -0.1) is 0 Å². The molecule has 0 spiro atoms. The maximum absolute atomic E-state index is 8.88. The van der Waals surface area contributed by atoms with E-state index in [2.05, 4.69) is 30.2 Å². The van der Waals surface area contributed by atoms with E-state index < -0.39 is 0 Å². The van der Waals surface area contributed by atoms with Crippen LogP contribution >= 0.6 is 0 Å². The predicted octanol–water partition coefficient (Wildman–Crippen LogP) is 0.828. The van der Waals surface area contributed by atoms with Crippen LogP contribution in [0.5, 0.6) is 5.88 Å². The van der Waals surface area contributed by atoms with E-state index in [-0.39, 0.29) is 6.61 Å². The average molecular weight is 286 g/mol. The highest BCUT2D eigenvalue weighted by Crippen LogP contribution is 2.23. The number of nitrogens with one attached hydrogen (secondary N) is 2. The summed E-state index contributed by atoms with van der Waals surface area (Å²) >= 11 is 0. The van der Waals surface area contributed by atoms with Crippen molar-refractivity contribution < 1.29 is 9.84 Å². The van der Waals surface area contributed by atoms with E-state index >= 15 is 0 Å². The smallest absolute Gasteiger partial charge is 0.212 e. The molecule has 0 unspecified atom stereocenters. The molecule has 21 heavy (non-hydrogen) atoms. The molecule has 0 amide bonds. The maximum Gasteiger partial charge on any atom is 0.212 e. The SMILES string of the molecule is COc1ccc(-c2nc3ncnc(NCCO)c3[nH]2)cn1. The van der Waals surface area contributed by atoms with E-state index in [4.69, 9.17) is 9.84 Å². The summed E-state index contributed by atoms with van der Waals surface area (Å²) in [5, 5.41) is 11.9. The van der Waals surface area contributed by atoms with Crippen LogP contribution in [0.3, 0.4) is 0 Å². The van der Waals surface area contributed by atoms with E-state index in [1.807, 2.05) is 6.07 Å². The maximum atomic E-state index is 8.88. The van der Waals surface area contributed by atoms with Crippen LogP contribution < -0.4 is 10.1 Å². The Bertz CT molecular complexity index is 740. The number of anilines is 1. The Kier molecular flexibility index (Phi) is 3.61. The van der Waals surface area contributed by atoms with E-state index in [0.717, 1.165) is 5.56 Å². The Hall–Kier alpha value is -2.74. The van der Waals surface area contributed by atoms with E-state index in [1.54, 1.807) is 19.4 Å². The first-order valence-corrected chi connectivity index (χ1v) is 6.37. The highest BCUT2D eigenvalue weighted by Gasteiger charge is 2.11. The summed E-state index contributed by atoms with van der Waals surface area (Å²) in [4.78, 5) is 20.0. The first-order valence-electron chi connectivity index (χ1n) is 6.37.